The first-order valence-electron chi connectivity index (χ1n) is 10.3. The highest BCUT2D eigenvalue weighted by molar-refractivity contribution is 8.14. The number of rotatable bonds is 5. The SMILES string of the molecule is CSc1cccc(NC(=O)CSC2=NNC3C4CC(c5ccc(F)cc5)NN4C=CN23)c1. The van der Waals surface area contributed by atoms with Crippen LogP contribution in [0.2, 0.25) is 0 Å². The minimum absolute atomic E-state index is 0.0261. The topological polar surface area (TPSA) is 72.0 Å². The molecule has 3 aliphatic rings. The fourth-order valence-corrected chi connectivity index (χ4v) is 5.32. The molecule has 3 aliphatic heterocycles. The molecule has 0 spiro atoms. The predicted molar refractivity (Wildman–Crippen MR) is 127 cm³/mol. The summed E-state index contributed by atoms with van der Waals surface area (Å²) in [5.74, 6) is -0.0312. The van der Waals surface area contributed by atoms with Crippen molar-refractivity contribution in [3.05, 3.63) is 72.3 Å². The van der Waals surface area contributed by atoms with Gasteiger partial charge in [0.25, 0.3) is 0 Å². The van der Waals surface area contributed by atoms with Crippen molar-refractivity contribution in [2.75, 3.05) is 17.3 Å². The number of carbonyl (C=O) groups excluding carboxylic acids is 1. The fraction of sp³-hybridized carbons (Fsp3) is 0.273. The molecular weight excluding hydrogens is 447 g/mol. The van der Waals surface area contributed by atoms with Gasteiger partial charge in [-0.25, -0.2) is 9.82 Å². The van der Waals surface area contributed by atoms with E-state index >= 15 is 0 Å². The lowest BCUT2D eigenvalue weighted by atomic mass is 10.00. The second-order valence-electron chi connectivity index (χ2n) is 7.69. The Kier molecular flexibility index (Phi) is 5.99. The number of hydrogen-bond donors (Lipinski definition) is 3. The Morgan fingerprint density at radius 1 is 1.25 bits per heavy atom. The molecule has 0 aliphatic carbocycles. The van der Waals surface area contributed by atoms with E-state index in [1.807, 2.05) is 55.1 Å². The van der Waals surface area contributed by atoms with Gasteiger partial charge in [-0.1, -0.05) is 30.0 Å². The van der Waals surface area contributed by atoms with E-state index in [4.69, 9.17) is 0 Å². The van der Waals surface area contributed by atoms with E-state index < -0.39 is 0 Å². The van der Waals surface area contributed by atoms with Crippen LogP contribution in [0.25, 0.3) is 0 Å². The summed E-state index contributed by atoms with van der Waals surface area (Å²) in [5.41, 5.74) is 8.54. The number of amidine groups is 1. The molecule has 0 radical (unpaired) electrons. The predicted octanol–water partition coefficient (Wildman–Crippen LogP) is 3.53. The van der Waals surface area contributed by atoms with E-state index in [-0.39, 0.29) is 35.7 Å². The van der Waals surface area contributed by atoms with Crippen LogP contribution in [0, 0.1) is 5.82 Å². The maximum atomic E-state index is 13.3. The molecule has 0 bridgehead atoms. The molecule has 0 aromatic heterocycles. The van der Waals surface area contributed by atoms with Crippen LogP contribution in [0.5, 0.6) is 0 Å². The lowest BCUT2D eigenvalue weighted by Crippen LogP contribution is -2.54. The van der Waals surface area contributed by atoms with Crippen LogP contribution >= 0.6 is 23.5 Å². The average Bonchev–Trinajstić information content (AvgIpc) is 3.42. The standard InChI is InChI=1S/C22H23FN6OS2/c1-31-17-4-2-3-16(11-17)24-20(30)13-32-22-26-25-21-19-12-18(14-5-7-15(23)8-6-14)27-29(19)10-9-28(21)22/h2-11,18-19,21,25,27H,12-13H2,1H3,(H,24,30). The van der Waals surface area contributed by atoms with Crippen LogP contribution in [-0.4, -0.2) is 45.2 Å². The number of hydrazone groups is 1. The fourth-order valence-electron chi connectivity index (χ4n) is 4.09. The molecule has 1 fully saturated rings. The summed E-state index contributed by atoms with van der Waals surface area (Å²) in [7, 11) is 0. The first-order chi connectivity index (χ1) is 15.6. The molecule has 0 saturated carbocycles. The van der Waals surface area contributed by atoms with Crippen LogP contribution in [0.15, 0.2) is 70.9 Å². The summed E-state index contributed by atoms with van der Waals surface area (Å²) in [6.45, 7) is 0. The van der Waals surface area contributed by atoms with Crippen LogP contribution in [0.3, 0.4) is 0 Å². The van der Waals surface area contributed by atoms with Crippen molar-refractivity contribution in [2.45, 2.75) is 29.6 Å². The Bertz CT molecular complexity index is 1060. The molecule has 3 unspecified atom stereocenters. The molecule has 3 N–H and O–H groups in total. The van der Waals surface area contributed by atoms with Gasteiger partial charge < -0.3 is 15.2 Å². The van der Waals surface area contributed by atoms with Crippen LogP contribution in [-0.2, 0) is 4.79 Å². The molecule has 7 nitrogen and oxygen atoms in total. The van der Waals surface area contributed by atoms with Crippen LogP contribution in [0.1, 0.15) is 18.0 Å². The van der Waals surface area contributed by atoms with Gasteiger partial charge in [-0.3, -0.25) is 10.2 Å². The van der Waals surface area contributed by atoms with E-state index in [1.165, 1.54) is 23.9 Å². The van der Waals surface area contributed by atoms with Gasteiger partial charge in [-0.05, 0) is 48.6 Å². The minimum atomic E-state index is -0.232. The molecule has 10 heteroatoms. The van der Waals surface area contributed by atoms with Crippen molar-refractivity contribution in [3.8, 4) is 0 Å². The Hall–Kier alpha value is -2.69. The minimum Gasteiger partial charge on any atom is -0.325 e. The van der Waals surface area contributed by atoms with Crippen molar-refractivity contribution in [2.24, 2.45) is 5.10 Å². The molecule has 32 heavy (non-hydrogen) atoms. The molecule has 5 rings (SSSR count). The second-order valence-corrected chi connectivity index (χ2v) is 9.51. The van der Waals surface area contributed by atoms with Gasteiger partial charge >= 0.3 is 0 Å². The van der Waals surface area contributed by atoms with E-state index in [9.17, 15) is 9.18 Å². The average molecular weight is 471 g/mol. The van der Waals surface area contributed by atoms with Gasteiger partial charge in [0.05, 0.1) is 17.8 Å². The van der Waals surface area contributed by atoms with Gasteiger partial charge in [-0.15, -0.1) is 11.8 Å². The third kappa shape index (κ3) is 4.30. The zero-order chi connectivity index (χ0) is 22.1. The quantitative estimate of drug-likeness (QED) is 0.578. The van der Waals surface area contributed by atoms with Crippen molar-refractivity contribution in [3.63, 3.8) is 0 Å². The highest BCUT2D eigenvalue weighted by atomic mass is 32.2. The first kappa shape index (κ1) is 21.2. The van der Waals surface area contributed by atoms with Crippen LogP contribution < -0.4 is 16.2 Å². The maximum Gasteiger partial charge on any atom is 0.234 e. The summed E-state index contributed by atoms with van der Waals surface area (Å²) in [4.78, 5) is 15.6. The number of thioether (sulfide) groups is 2. The number of halogens is 1. The Morgan fingerprint density at radius 3 is 2.91 bits per heavy atom. The zero-order valence-corrected chi connectivity index (χ0v) is 19.0. The summed E-state index contributed by atoms with van der Waals surface area (Å²) in [6.07, 6.45) is 6.79. The first-order valence-corrected chi connectivity index (χ1v) is 12.5. The Balaban J connectivity index is 1.17. The van der Waals surface area contributed by atoms with Gasteiger partial charge in [0, 0.05) is 23.0 Å². The number of hydrogen-bond acceptors (Lipinski definition) is 8. The molecular formula is C22H23FN6OS2. The summed E-state index contributed by atoms with van der Waals surface area (Å²) in [5, 5.41) is 10.3. The number of anilines is 1. The normalized spacial score (nSPS) is 23.4. The maximum absolute atomic E-state index is 13.3. The van der Waals surface area contributed by atoms with E-state index in [0.29, 0.717) is 0 Å². The molecule has 3 atom stereocenters. The van der Waals surface area contributed by atoms with Crippen molar-refractivity contribution < 1.29 is 9.18 Å². The summed E-state index contributed by atoms with van der Waals surface area (Å²) >= 11 is 3.04. The molecule has 2 aromatic carbocycles. The third-order valence-corrected chi connectivity index (χ3v) is 7.36. The Labute approximate surface area is 194 Å². The lowest BCUT2D eigenvalue weighted by molar-refractivity contribution is -0.113. The monoisotopic (exact) mass is 470 g/mol. The lowest BCUT2D eigenvalue weighted by Gasteiger charge is -2.36. The van der Waals surface area contributed by atoms with Crippen molar-refractivity contribution in [1.82, 2.24) is 20.8 Å². The van der Waals surface area contributed by atoms with Crippen molar-refractivity contribution >= 4 is 40.3 Å². The molecule has 166 valence electrons. The summed E-state index contributed by atoms with van der Waals surface area (Å²) in [6, 6.07) is 14.7. The van der Waals surface area contributed by atoms with Crippen molar-refractivity contribution in [1.29, 1.82) is 0 Å². The van der Waals surface area contributed by atoms with Gasteiger partial charge in [0.1, 0.15) is 12.0 Å². The Morgan fingerprint density at radius 2 is 2.09 bits per heavy atom. The van der Waals surface area contributed by atoms with E-state index in [1.54, 1.807) is 11.8 Å². The number of fused-ring (bicyclic) bond motifs is 3. The van der Waals surface area contributed by atoms with Crippen LogP contribution in [0.4, 0.5) is 10.1 Å². The number of hydrazine groups is 1. The largest absolute Gasteiger partial charge is 0.325 e. The molecule has 1 saturated heterocycles. The smallest absolute Gasteiger partial charge is 0.234 e. The van der Waals surface area contributed by atoms with E-state index in [0.717, 1.165) is 27.7 Å². The van der Waals surface area contributed by atoms with E-state index in [2.05, 4.69) is 31.2 Å². The third-order valence-electron chi connectivity index (χ3n) is 5.66. The highest BCUT2D eigenvalue weighted by Gasteiger charge is 2.44. The van der Waals surface area contributed by atoms with Gasteiger partial charge in [0.2, 0.25) is 5.91 Å². The second kappa shape index (κ2) is 9.05. The summed E-state index contributed by atoms with van der Waals surface area (Å²) < 4.78 is 13.3. The number of carbonyl (C=O) groups is 1. The number of amides is 1. The molecule has 3 heterocycles. The highest BCUT2D eigenvalue weighted by Crippen LogP contribution is 2.35. The number of nitrogens with zero attached hydrogens (tertiary/aromatic N) is 3. The van der Waals surface area contributed by atoms with Gasteiger partial charge in [0.15, 0.2) is 5.17 Å². The number of benzene rings is 2. The molecule has 1 amide bonds. The molecule has 2 aromatic rings. The number of nitrogens with one attached hydrogen (secondary N) is 3. The van der Waals surface area contributed by atoms with Gasteiger partial charge in [-0.2, -0.15) is 5.10 Å². The zero-order valence-electron chi connectivity index (χ0n) is 17.4.